The number of fused-ring (bicyclic) bond motifs is 1. The topological polar surface area (TPSA) is 106 Å². The van der Waals surface area contributed by atoms with E-state index in [1.54, 1.807) is 25.3 Å². The average molecular weight is 397 g/mol. The van der Waals surface area contributed by atoms with Crippen LogP contribution in [-0.2, 0) is 4.74 Å². The van der Waals surface area contributed by atoms with Crippen LogP contribution in [-0.4, -0.2) is 43.8 Å². The van der Waals surface area contributed by atoms with E-state index in [0.717, 1.165) is 6.42 Å². The van der Waals surface area contributed by atoms with Crippen LogP contribution in [0, 0.1) is 5.92 Å². The summed E-state index contributed by atoms with van der Waals surface area (Å²) in [5.74, 6) is -1.03. The standard InChI is InChI=1S/C18H25ClN4O4/c1-6-10(2)13(9-21-17(26)27-18(3,4)5)23-12(15(24)25)7-11-8-20-16(19)22-14(11)23/h7-8,10,13H,6,9H2,1-5H3,(H,21,26)(H,24,25)/t10?,13-/m1/s1. The number of amides is 1. The van der Waals surface area contributed by atoms with Crippen molar-refractivity contribution in [2.24, 2.45) is 5.92 Å². The molecule has 2 rings (SSSR count). The van der Waals surface area contributed by atoms with Crippen LogP contribution in [0.25, 0.3) is 11.0 Å². The monoisotopic (exact) mass is 396 g/mol. The first kappa shape index (κ1) is 21.0. The number of nitrogens with zero attached hydrogens (tertiary/aromatic N) is 3. The van der Waals surface area contributed by atoms with Crippen molar-refractivity contribution in [3.05, 3.63) is 23.2 Å². The third-order valence-corrected chi connectivity index (χ3v) is 4.43. The lowest BCUT2D eigenvalue weighted by Crippen LogP contribution is -2.38. The predicted molar refractivity (Wildman–Crippen MR) is 102 cm³/mol. The molecule has 8 nitrogen and oxygen atoms in total. The second-order valence-electron chi connectivity index (χ2n) is 7.46. The highest BCUT2D eigenvalue weighted by atomic mass is 35.5. The van der Waals surface area contributed by atoms with Crippen LogP contribution in [0.1, 0.15) is 57.6 Å². The minimum absolute atomic E-state index is 0.0294. The van der Waals surface area contributed by atoms with Crippen molar-refractivity contribution >= 4 is 34.7 Å². The number of ether oxygens (including phenoxy) is 1. The van der Waals surface area contributed by atoms with Gasteiger partial charge in [-0.1, -0.05) is 20.3 Å². The van der Waals surface area contributed by atoms with Gasteiger partial charge in [-0.15, -0.1) is 0 Å². The van der Waals surface area contributed by atoms with Crippen molar-refractivity contribution < 1.29 is 19.4 Å². The summed E-state index contributed by atoms with van der Waals surface area (Å²) in [6.45, 7) is 9.51. The summed E-state index contributed by atoms with van der Waals surface area (Å²) in [7, 11) is 0. The second-order valence-corrected chi connectivity index (χ2v) is 7.80. The molecular formula is C18H25ClN4O4. The highest BCUT2D eigenvalue weighted by Crippen LogP contribution is 2.29. The second kappa shape index (κ2) is 8.12. The van der Waals surface area contributed by atoms with Crippen LogP contribution in [0.3, 0.4) is 0 Å². The number of nitrogens with one attached hydrogen (secondary N) is 1. The van der Waals surface area contributed by atoms with Gasteiger partial charge >= 0.3 is 12.1 Å². The number of carbonyl (C=O) groups is 2. The summed E-state index contributed by atoms with van der Waals surface area (Å²) in [6, 6.07) is 1.16. The molecule has 0 aliphatic rings. The average Bonchev–Trinajstić information content (AvgIpc) is 2.92. The van der Waals surface area contributed by atoms with Gasteiger partial charge in [-0.3, -0.25) is 0 Å². The molecular weight excluding hydrogens is 372 g/mol. The Hall–Kier alpha value is -2.35. The predicted octanol–water partition coefficient (Wildman–Crippen LogP) is 3.89. The van der Waals surface area contributed by atoms with E-state index < -0.39 is 17.7 Å². The highest BCUT2D eigenvalue weighted by Gasteiger charge is 2.27. The molecule has 27 heavy (non-hydrogen) atoms. The fraction of sp³-hybridized carbons (Fsp3) is 0.556. The largest absolute Gasteiger partial charge is 0.477 e. The summed E-state index contributed by atoms with van der Waals surface area (Å²) in [5.41, 5.74) is -0.134. The molecule has 0 aromatic carbocycles. The number of hydrogen-bond donors (Lipinski definition) is 2. The summed E-state index contributed by atoms with van der Waals surface area (Å²) in [4.78, 5) is 32.0. The molecule has 0 saturated heterocycles. The molecule has 2 heterocycles. The van der Waals surface area contributed by atoms with Gasteiger partial charge in [-0.2, -0.15) is 4.98 Å². The molecule has 1 unspecified atom stereocenters. The van der Waals surface area contributed by atoms with Crippen LogP contribution < -0.4 is 5.32 Å². The molecule has 0 bridgehead atoms. The molecule has 0 radical (unpaired) electrons. The Bertz CT molecular complexity index is 844. The van der Waals surface area contributed by atoms with E-state index >= 15 is 0 Å². The van der Waals surface area contributed by atoms with Crippen LogP contribution >= 0.6 is 11.6 Å². The number of alkyl carbamates (subject to hydrolysis) is 1. The summed E-state index contributed by atoms with van der Waals surface area (Å²) in [6.07, 6.45) is 1.71. The molecule has 0 aliphatic heterocycles. The summed E-state index contributed by atoms with van der Waals surface area (Å²) < 4.78 is 6.89. The van der Waals surface area contributed by atoms with E-state index in [0.29, 0.717) is 11.0 Å². The molecule has 148 valence electrons. The highest BCUT2D eigenvalue weighted by molar-refractivity contribution is 6.28. The third kappa shape index (κ3) is 5.09. The smallest absolute Gasteiger partial charge is 0.407 e. The zero-order valence-corrected chi connectivity index (χ0v) is 16.9. The van der Waals surface area contributed by atoms with Gasteiger partial charge in [0.2, 0.25) is 5.28 Å². The third-order valence-electron chi connectivity index (χ3n) is 4.25. The maximum absolute atomic E-state index is 12.1. The van der Waals surface area contributed by atoms with E-state index in [1.165, 1.54) is 12.3 Å². The zero-order valence-electron chi connectivity index (χ0n) is 16.1. The Kier molecular flexibility index (Phi) is 6.30. The maximum Gasteiger partial charge on any atom is 0.407 e. The molecule has 2 aromatic rings. The number of aromatic carboxylic acids is 1. The number of carboxylic acids is 1. The lowest BCUT2D eigenvalue weighted by molar-refractivity contribution is 0.0515. The Morgan fingerprint density at radius 3 is 2.63 bits per heavy atom. The van der Waals surface area contributed by atoms with Crippen LogP contribution in [0.4, 0.5) is 4.79 Å². The summed E-state index contributed by atoms with van der Waals surface area (Å²) in [5, 5.41) is 13.0. The van der Waals surface area contributed by atoms with E-state index in [9.17, 15) is 14.7 Å². The van der Waals surface area contributed by atoms with Gasteiger partial charge in [0.1, 0.15) is 16.9 Å². The number of carbonyl (C=O) groups excluding carboxylic acids is 1. The minimum Gasteiger partial charge on any atom is -0.477 e. The molecule has 9 heteroatoms. The molecule has 0 fully saturated rings. The van der Waals surface area contributed by atoms with E-state index in [4.69, 9.17) is 16.3 Å². The van der Waals surface area contributed by atoms with Gasteiger partial charge in [0.25, 0.3) is 0 Å². The molecule has 0 spiro atoms. The molecule has 2 N–H and O–H groups in total. The SMILES string of the molecule is CCC(C)[C@@H](CNC(=O)OC(C)(C)C)n1c(C(=O)O)cc2cnc(Cl)nc21. The molecule has 0 saturated carbocycles. The van der Waals surface area contributed by atoms with E-state index in [-0.39, 0.29) is 29.5 Å². The first-order valence-corrected chi connectivity index (χ1v) is 9.15. The molecule has 2 aromatic heterocycles. The Morgan fingerprint density at radius 2 is 2.07 bits per heavy atom. The van der Waals surface area contributed by atoms with E-state index in [2.05, 4.69) is 15.3 Å². The molecule has 0 aliphatic carbocycles. The van der Waals surface area contributed by atoms with Gasteiger partial charge in [-0.25, -0.2) is 14.6 Å². The van der Waals surface area contributed by atoms with Gasteiger partial charge in [0, 0.05) is 18.1 Å². The first-order valence-electron chi connectivity index (χ1n) is 8.77. The normalized spacial score (nSPS) is 14.0. The molecule has 2 atom stereocenters. The fourth-order valence-corrected chi connectivity index (χ4v) is 2.94. The zero-order chi connectivity index (χ0) is 20.4. The summed E-state index contributed by atoms with van der Waals surface area (Å²) >= 11 is 5.93. The number of rotatable bonds is 6. The maximum atomic E-state index is 12.1. The number of aromatic nitrogens is 3. The molecule has 1 amide bonds. The van der Waals surface area contributed by atoms with Crippen molar-refractivity contribution in [3.63, 3.8) is 0 Å². The number of carboxylic acid groups (broad SMARTS) is 1. The Labute approximate surface area is 162 Å². The quantitative estimate of drug-likeness (QED) is 0.717. The Balaban J connectivity index is 2.44. The first-order chi connectivity index (χ1) is 12.5. The lowest BCUT2D eigenvalue weighted by Gasteiger charge is -2.28. The van der Waals surface area contributed by atoms with Crippen LogP contribution in [0.2, 0.25) is 5.28 Å². The fourth-order valence-electron chi connectivity index (χ4n) is 2.81. The van der Waals surface area contributed by atoms with E-state index in [1.807, 2.05) is 13.8 Å². The van der Waals surface area contributed by atoms with Crippen LogP contribution in [0.5, 0.6) is 0 Å². The van der Waals surface area contributed by atoms with Crippen molar-refractivity contribution in [3.8, 4) is 0 Å². The van der Waals surface area contributed by atoms with Gasteiger partial charge in [0.05, 0.1) is 6.04 Å². The van der Waals surface area contributed by atoms with Gasteiger partial charge in [0.15, 0.2) is 0 Å². The van der Waals surface area contributed by atoms with Crippen molar-refractivity contribution in [2.75, 3.05) is 6.54 Å². The van der Waals surface area contributed by atoms with Crippen molar-refractivity contribution in [1.29, 1.82) is 0 Å². The van der Waals surface area contributed by atoms with Gasteiger partial charge in [-0.05, 0) is 44.4 Å². The van der Waals surface area contributed by atoms with Gasteiger partial charge < -0.3 is 19.7 Å². The van der Waals surface area contributed by atoms with Crippen molar-refractivity contribution in [1.82, 2.24) is 19.9 Å². The number of hydrogen-bond acceptors (Lipinski definition) is 5. The van der Waals surface area contributed by atoms with Crippen LogP contribution in [0.15, 0.2) is 12.3 Å². The Morgan fingerprint density at radius 1 is 1.41 bits per heavy atom. The number of halogens is 1. The lowest BCUT2D eigenvalue weighted by atomic mass is 9.98. The van der Waals surface area contributed by atoms with Crippen molar-refractivity contribution in [2.45, 2.75) is 52.7 Å². The minimum atomic E-state index is -1.09.